The SMILES string of the molecule is CCCNc1nc(CCCOC)nc(CC)c1C. The lowest BCUT2D eigenvalue weighted by atomic mass is 10.1. The van der Waals surface area contributed by atoms with Crippen LogP contribution in [-0.4, -0.2) is 30.2 Å². The van der Waals surface area contributed by atoms with Crippen LogP contribution in [-0.2, 0) is 17.6 Å². The third-order valence-corrected chi connectivity index (χ3v) is 2.92. The summed E-state index contributed by atoms with van der Waals surface area (Å²) in [5, 5.41) is 3.39. The Labute approximate surface area is 110 Å². The van der Waals surface area contributed by atoms with Gasteiger partial charge in [0.05, 0.1) is 0 Å². The van der Waals surface area contributed by atoms with Gasteiger partial charge in [-0.1, -0.05) is 13.8 Å². The van der Waals surface area contributed by atoms with Gasteiger partial charge in [-0.25, -0.2) is 9.97 Å². The van der Waals surface area contributed by atoms with Crippen LogP contribution in [0.25, 0.3) is 0 Å². The number of rotatable bonds is 8. The summed E-state index contributed by atoms with van der Waals surface area (Å²) in [4.78, 5) is 9.24. The van der Waals surface area contributed by atoms with E-state index in [0.29, 0.717) is 0 Å². The third-order valence-electron chi connectivity index (χ3n) is 2.92. The lowest BCUT2D eigenvalue weighted by Gasteiger charge is -2.12. The van der Waals surface area contributed by atoms with Crippen molar-refractivity contribution in [1.29, 1.82) is 0 Å². The Kier molecular flexibility index (Phi) is 6.65. The van der Waals surface area contributed by atoms with Crippen LogP contribution in [0.2, 0.25) is 0 Å². The van der Waals surface area contributed by atoms with Crippen LogP contribution in [0.4, 0.5) is 5.82 Å². The smallest absolute Gasteiger partial charge is 0.132 e. The van der Waals surface area contributed by atoms with E-state index in [2.05, 4.69) is 36.1 Å². The molecule has 0 radical (unpaired) electrons. The summed E-state index contributed by atoms with van der Waals surface area (Å²) in [6.45, 7) is 8.10. The normalized spacial score (nSPS) is 10.7. The van der Waals surface area contributed by atoms with Gasteiger partial charge in [0.15, 0.2) is 0 Å². The Balaban J connectivity index is 2.83. The Hall–Kier alpha value is -1.16. The average Bonchev–Trinajstić information content (AvgIpc) is 2.39. The van der Waals surface area contributed by atoms with Crippen LogP contribution in [0.3, 0.4) is 0 Å². The van der Waals surface area contributed by atoms with Gasteiger partial charge in [0, 0.05) is 37.9 Å². The highest BCUT2D eigenvalue weighted by Gasteiger charge is 2.09. The summed E-state index contributed by atoms with van der Waals surface area (Å²) in [7, 11) is 1.72. The lowest BCUT2D eigenvalue weighted by Crippen LogP contribution is -2.10. The van der Waals surface area contributed by atoms with Crippen molar-refractivity contribution < 1.29 is 4.74 Å². The Morgan fingerprint density at radius 3 is 2.61 bits per heavy atom. The minimum Gasteiger partial charge on any atom is -0.385 e. The van der Waals surface area contributed by atoms with Crippen molar-refractivity contribution in [2.24, 2.45) is 0 Å². The van der Waals surface area contributed by atoms with Crippen LogP contribution >= 0.6 is 0 Å². The van der Waals surface area contributed by atoms with Crippen molar-refractivity contribution in [3.05, 3.63) is 17.1 Å². The molecule has 0 bridgehead atoms. The number of hydrogen-bond acceptors (Lipinski definition) is 4. The molecule has 0 unspecified atom stereocenters. The number of nitrogens with zero attached hydrogens (tertiary/aromatic N) is 2. The monoisotopic (exact) mass is 251 g/mol. The van der Waals surface area contributed by atoms with Crippen molar-refractivity contribution in [2.75, 3.05) is 25.6 Å². The number of aromatic nitrogens is 2. The van der Waals surface area contributed by atoms with Crippen molar-refractivity contribution in [2.45, 2.75) is 46.5 Å². The molecular formula is C14H25N3O. The molecule has 1 rings (SSSR count). The first-order valence-electron chi connectivity index (χ1n) is 6.82. The molecule has 0 saturated carbocycles. The summed E-state index contributed by atoms with van der Waals surface area (Å²) in [5.41, 5.74) is 2.33. The molecule has 0 atom stereocenters. The predicted octanol–water partition coefficient (Wildman–Crippen LogP) is 2.75. The van der Waals surface area contributed by atoms with E-state index in [1.807, 2.05) is 0 Å². The van der Waals surface area contributed by atoms with Gasteiger partial charge in [-0.15, -0.1) is 0 Å². The molecule has 0 spiro atoms. The maximum absolute atomic E-state index is 5.07. The fraction of sp³-hybridized carbons (Fsp3) is 0.714. The summed E-state index contributed by atoms with van der Waals surface area (Å²) < 4.78 is 5.07. The van der Waals surface area contributed by atoms with Crippen molar-refractivity contribution in [1.82, 2.24) is 9.97 Å². The van der Waals surface area contributed by atoms with Crippen LogP contribution < -0.4 is 5.32 Å². The van der Waals surface area contributed by atoms with Crippen LogP contribution in [0.1, 0.15) is 43.8 Å². The molecule has 102 valence electrons. The van der Waals surface area contributed by atoms with E-state index >= 15 is 0 Å². The summed E-state index contributed by atoms with van der Waals surface area (Å²) >= 11 is 0. The van der Waals surface area contributed by atoms with Gasteiger partial charge in [0.25, 0.3) is 0 Å². The molecule has 1 aromatic heterocycles. The van der Waals surface area contributed by atoms with Crippen molar-refractivity contribution in [3.63, 3.8) is 0 Å². The number of methoxy groups -OCH3 is 1. The number of ether oxygens (including phenoxy) is 1. The number of hydrogen-bond donors (Lipinski definition) is 1. The zero-order valence-corrected chi connectivity index (χ0v) is 12.0. The van der Waals surface area contributed by atoms with Crippen LogP contribution in [0.15, 0.2) is 0 Å². The lowest BCUT2D eigenvalue weighted by molar-refractivity contribution is 0.194. The minimum absolute atomic E-state index is 0.760. The molecule has 0 saturated heterocycles. The summed E-state index contributed by atoms with van der Waals surface area (Å²) in [6, 6.07) is 0. The Morgan fingerprint density at radius 2 is 2.00 bits per heavy atom. The van der Waals surface area contributed by atoms with Gasteiger partial charge in [-0.05, 0) is 26.2 Å². The van der Waals surface area contributed by atoms with Gasteiger partial charge >= 0.3 is 0 Å². The second-order valence-corrected chi connectivity index (χ2v) is 4.44. The molecular weight excluding hydrogens is 226 g/mol. The molecule has 0 fully saturated rings. The second-order valence-electron chi connectivity index (χ2n) is 4.44. The first kappa shape index (κ1) is 14.9. The third kappa shape index (κ3) is 4.26. The standard InChI is InChI=1S/C14H25N3O/c1-5-9-15-14-11(3)12(6-2)16-13(17-14)8-7-10-18-4/h5-10H2,1-4H3,(H,15,16,17). The fourth-order valence-corrected chi connectivity index (χ4v) is 1.86. The minimum atomic E-state index is 0.760. The van der Waals surface area contributed by atoms with Gasteiger partial charge < -0.3 is 10.1 Å². The van der Waals surface area contributed by atoms with E-state index in [1.54, 1.807) is 7.11 Å². The van der Waals surface area contributed by atoms with Crippen LogP contribution in [0, 0.1) is 6.92 Å². The first-order chi connectivity index (χ1) is 8.72. The molecule has 1 heterocycles. The highest BCUT2D eigenvalue weighted by Crippen LogP contribution is 2.16. The van der Waals surface area contributed by atoms with E-state index < -0.39 is 0 Å². The van der Waals surface area contributed by atoms with E-state index in [1.165, 1.54) is 5.56 Å². The molecule has 4 heteroatoms. The molecule has 1 N–H and O–H groups in total. The summed E-state index contributed by atoms with van der Waals surface area (Å²) in [6.07, 6.45) is 3.90. The number of anilines is 1. The molecule has 1 aromatic rings. The van der Waals surface area contributed by atoms with Gasteiger partial charge in [0.2, 0.25) is 0 Å². The van der Waals surface area contributed by atoms with Crippen molar-refractivity contribution >= 4 is 5.82 Å². The zero-order chi connectivity index (χ0) is 13.4. The largest absolute Gasteiger partial charge is 0.385 e. The number of aryl methyl sites for hydroxylation is 2. The maximum atomic E-state index is 5.07. The first-order valence-corrected chi connectivity index (χ1v) is 6.82. The predicted molar refractivity (Wildman–Crippen MR) is 75.1 cm³/mol. The average molecular weight is 251 g/mol. The quantitative estimate of drug-likeness (QED) is 0.722. The van der Waals surface area contributed by atoms with Crippen molar-refractivity contribution in [3.8, 4) is 0 Å². The van der Waals surface area contributed by atoms with E-state index in [9.17, 15) is 0 Å². The highest BCUT2D eigenvalue weighted by atomic mass is 16.5. The van der Waals surface area contributed by atoms with Gasteiger partial charge in [-0.2, -0.15) is 0 Å². The maximum Gasteiger partial charge on any atom is 0.132 e. The van der Waals surface area contributed by atoms with Gasteiger partial charge in [0.1, 0.15) is 11.6 Å². The molecule has 4 nitrogen and oxygen atoms in total. The van der Waals surface area contributed by atoms with Gasteiger partial charge in [-0.3, -0.25) is 0 Å². The molecule has 0 aliphatic carbocycles. The Bertz CT molecular complexity index is 366. The van der Waals surface area contributed by atoms with E-state index in [-0.39, 0.29) is 0 Å². The molecule has 0 aliphatic heterocycles. The molecule has 0 aromatic carbocycles. The molecule has 18 heavy (non-hydrogen) atoms. The second kappa shape index (κ2) is 8.03. The Morgan fingerprint density at radius 1 is 1.22 bits per heavy atom. The number of nitrogens with one attached hydrogen (secondary N) is 1. The highest BCUT2D eigenvalue weighted by molar-refractivity contribution is 5.45. The molecule has 0 aliphatic rings. The van der Waals surface area contributed by atoms with E-state index in [0.717, 1.165) is 56.2 Å². The van der Waals surface area contributed by atoms with Crippen LogP contribution in [0.5, 0.6) is 0 Å². The van der Waals surface area contributed by atoms with E-state index in [4.69, 9.17) is 4.74 Å². The topological polar surface area (TPSA) is 47.0 Å². The molecule has 0 amide bonds. The summed E-state index contributed by atoms with van der Waals surface area (Å²) in [5.74, 6) is 1.92. The zero-order valence-electron chi connectivity index (χ0n) is 12.0. The fourth-order valence-electron chi connectivity index (χ4n) is 1.86.